The third-order valence-electron chi connectivity index (χ3n) is 3.82. The normalized spacial score (nSPS) is 10.4. The molecule has 0 bridgehead atoms. The zero-order valence-corrected chi connectivity index (χ0v) is 16.1. The summed E-state index contributed by atoms with van der Waals surface area (Å²) < 4.78 is 15.8. The molecule has 0 unspecified atom stereocenters. The number of aryl methyl sites for hydroxylation is 2. The fourth-order valence-electron chi connectivity index (χ4n) is 2.69. The second-order valence-corrected chi connectivity index (χ2v) is 6.16. The third-order valence-corrected chi connectivity index (χ3v) is 3.82. The van der Waals surface area contributed by atoms with E-state index in [-0.39, 0.29) is 6.61 Å². The molecule has 6 nitrogen and oxygen atoms in total. The molecule has 0 fully saturated rings. The first-order chi connectivity index (χ1) is 12.9. The Morgan fingerprint density at radius 1 is 1.04 bits per heavy atom. The maximum absolute atomic E-state index is 12.3. The van der Waals surface area contributed by atoms with Crippen LogP contribution < -0.4 is 10.1 Å². The largest absolute Gasteiger partial charge is 0.496 e. The molecule has 2 aromatic rings. The fourth-order valence-corrected chi connectivity index (χ4v) is 2.69. The van der Waals surface area contributed by atoms with Gasteiger partial charge in [0.1, 0.15) is 5.75 Å². The van der Waals surface area contributed by atoms with Crippen molar-refractivity contribution in [2.75, 3.05) is 25.6 Å². The SMILES string of the molecule is CCOCc1cc(C(=O)OCC(=O)Nc2cc(C)cc(C)c2)ccc1OC. The van der Waals surface area contributed by atoms with Crippen LogP contribution in [0.25, 0.3) is 0 Å². The Balaban J connectivity index is 1.97. The van der Waals surface area contributed by atoms with E-state index in [9.17, 15) is 9.59 Å². The van der Waals surface area contributed by atoms with Gasteiger partial charge in [0.05, 0.1) is 19.3 Å². The number of anilines is 1. The van der Waals surface area contributed by atoms with Crippen molar-refractivity contribution in [2.45, 2.75) is 27.4 Å². The zero-order chi connectivity index (χ0) is 19.8. The van der Waals surface area contributed by atoms with Gasteiger partial charge < -0.3 is 19.5 Å². The molecule has 0 atom stereocenters. The van der Waals surface area contributed by atoms with E-state index in [0.717, 1.165) is 16.7 Å². The van der Waals surface area contributed by atoms with Crippen molar-refractivity contribution >= 4 is 17.6 Å². The highest BCUT2D eigenvalue weighted by Gasteiger charge is 2.14. The van der Waals surface area contributed by atoms with Crippen LogP contribution in [0.1, 0.15) is 34.0 Å². The molecule has 6 heteroatoms. The standard InChI is InChI=1S/C21H25NO5/c1-5-26-12-17-11-16(6-7-19(17)25-4)21(24)27-13-20(23)22-18-9-14(2)8-15(3)10-18/h6-11H,5,12-13H2,1-4H3,(H,22,23). The first-order valence-electron chi connectivity index (χ1n) is 8.73. The van der Waals surface area contributed by atoms with E-state index in [4.69, 9.17) is 14.2 Å². The van der Waals surface area contributed by atoms with Gasteiger partial charge in [-0.2, -0.15) is 0 Å². The number of esters is 1. The van der Waals surface area contributed by atoms with Crippen molar-refractivity contribution in [2.24, 2.45) is 0 Å². The number of benzene rings is 2. The lowest BCUT2D eigenvalue weighted by Gasteiger charge is -2.11. The first-order valence-corrected chi connectivity index (χ1v) is 8.73. The summed E-state index contributed by atoms with van der Waals surface area (Å²) in [7, 11) is 1.56. The summed E-state index contributed by atoms with van der Waals surface area (Å²) in [5.74, 6) is -0.338. The molecule has 144 valence electrons. The second kappa shape index (κ2) is 9.73. The van der Waals surface area contributed by atoms with Crippen molar-refractivity contribution in [1.29, 1.82) is 0 Å². The van der Waals surface area contributed by atoms with E-state index in [1.54, 1.807) is 25.3 Å². The lowest BCUT2D eigenvalue weighted by molar-refractivity contribution is -0.119. The first kappa shape index (κ1) is 20.5. The number of hydrogen-bond acceptors (Lipinski definition) is 5. The quantitative estimate of drug-likeness (QED) is 0.717. The number of nitrogens with one attached hydrogen (secondary N) is 1. The summed E-state index contributed by atoms with van der Waals surface area (Å²) in [6.45, 7) is 6.31. The van der Waals surface area contributed by atoms with E-state index in [1.807, 2.05) is 39.0 Å². The molecule has 0 aromatic heterocycles. The molecule has 1 amide bonds. The smallest absolute Gasteiger partial charge is 0.338 e. The van der Waals surface area contributed by atoms with Gasteiger partial charge in [0.15, 0.2) is 6.61 Å². The lowest BCUT2D eigenvalue weighted by atomic mass is 10.1. The van der Waals surface area contributed by atoms with Crippen molar-refractivity contribution in [3.05, 3.63) is 58.7 Å². The highest BCUT2D eigenvalue weighted by molar-refractivity contribution is 5.95. The predicted molar refractivity (Wildman–Crippen MR) is 103 cm³/mol. The average molecular weight is 371 g/mol. The molecule has 1 N–H and O–H groups in total. The molecule has 0 saturated carbocycles. The summed E-state index contributed by atoms with van der Waals surface area (Å²) in [5, 5.41) is 2.73. The van der Waals surface area contributed by atoms with E-state index in [2.05, 4.69) is 5.32 Å². The number of rotatable bonds is 8. The highest BCUT2D eigenvalue weighted by atomic mass is 16.5. The number of ether oxygens (including phenoxy) is 3. The second-order valence-electron chi connectivity index (χ2n) is 6.16. The fraction of sp³-hybridized carbons (Fsp3) is 0.333. The number of carbonyl (C=O) groups excluding carboxylic acids is 2. The molecule has 0 radical (unpaired) electrons. The summed E-state index contributed by atoms with van der Waals surface area (Å²) in [4.78, 5) is 24.3. The minimum absolute atomic E-state index is 0.327. The zero-order valence-electron chi connectivity index (χ0n) is 16.1. The van der Waals surface area contributed by atoms with Gasteiger partial charge in [-0.3, -0.25) is 4.79 Å². The molecular weight excluding hydrogens is 346 g/mol. The average Bonchev–Trinajstić information content (AvgIpc) is 2.63. The molecule has 0 aliphatic heterocycles. The van der Waals surface area contributed by atoms with Crippen LogP contribution in [-0.2, 0) is 20.9 Å². The van der Waals surface area contributed by atoms with Crippen LogP contribution in [0.4, 0.5) is 5.69 Å². The van der Waals surface area contributed by atoms with Crippen molar-refractivity contribution < 1.29 is 23.8 Å². The topological polar surface area (TPSA) is 73.9 Å². The number of amides is 1. The number of methoxy groups -OCH3 is 1. The van der Waals surface area contributed by atoms with Crippen molar-refractivity contribution in [3.8, 4) is 5.75 Å². The molecule has 0 saturated heterocycles. The molecule has 0 aliphatic rings. The Bertz CT molecular complexity index is 796. The maximum atomic E-state index is 12.3. The van der Waals surface area contributed by atoms with Crippen LogP contribution in [0.2, 0.25) is 0 Å². The summed E-state index contributed by atoms with van der Waals surface area (Å²) in [5.41, 5.74) is 3.85. The lowest BCUT2D eigenvalue weighted by Crippen LogP contribution is -2.21. The van der Waals surface area contributed by atoms with Gasteiger partial charge in [0, 0.05) is 17.9 Å². The van der Waals surface area contributed by atoms with E-state index < -0.39 is 11.9 Å². The number of carbonyl (C=O) groups is 2. The molecule has 0 heterocycles. The summed E-state index contributed by atoms with van der Waals surface area (Å²) >= 11 is 0. The Labute approximate surface area is 159 Å². The molecule has 2 aromatic carbocycles. The molecule has 0 spiro atoms. The monoisotopic (exact) mass is 371 g/mol. The molecule has 2 rings (SSSR count). The Morgan fingerprint density at radius 2 is 1.74 bits per heavy atom. The van der Waals surface area contributed by atoms with Gasteiger partial charge in [-0.05, 0) is 62.2 Å². The van der Waals surface area contributed by atoms with Gasteiger partial charge in [0.2, 0.25) is 0 Å². The van der Waals surface area contributed by atoms with Crippen LogP contribution in [0.3, 0.4) is 0 Å². The van der Waals surface area contributed by atoms with Gasteiger partial charge >= 0.3 is 5.97 Å². The minimum Gasteiger partial charge on any atom is -0.496 e. The van der Waals surface area contributed by atoms with Crippen LogP contribution in [0.15, 0.2) is 36.4 Å². The van der Waals surface area contributed by atoms with Gasteiger partial charge in [-0.1, -0.05) is 6.07 Å². The van der Waals surface area contributed by atoms with Crippen LogP contribution in [0.5, 0.6) is 5.75 Å². The highest BCUT2D eigenvalue weighted by Crippen LogP contribution is 2.21. The van der Waals surface area contributed by atoms with Crippen LogP contribution in [0, 0.1) is 13.8 Å². The summed E-state index contributed by atoms with van der Waals surface area (Å²) in [6.07, 6.45) is 0. The van der Waals surface area contributed by atoms with Crippen LogP contribution >= 0.6 is 0 Å². The Morgan fingerprint density at radius 3 is 2.37 bits per heavy atom. The minimum atomic E-state index is -0.578. The Hall–Kier alpha value is -2.86. The number of hydrogen-bond donors (Lipinski definition) is 1. The third kappa shape index (κ3) is 6.11. The van der Waals surface area contributed by atoms with Gasteiger partial charge in [0.25, 0.3) is 5.91 Å². The van der Waals surface area contributed by atoms with Crippen molar-refractivity contribution in [3.63, 3.8) is 0 Å². The Kier molecular flexibility index (Phi) is 7.37. The summed E-state index contributed by atoms with van der Waals surface area (Å²) in [6, 6.07) is 10.7. The molecule has 0 aliphatic carbocycles. The van der Waals surface area contributed by atoms with Gasteiger partial charge in [-0.25, -0.2) is 4.79 Å². The predicted octanol–water partition coefficient (Wildman–Crippen LogP) is 3.64. The van der Waals surface area contributed by atoms with Gasteiger partial charge in [-0.15, -0.1) is 0 Å². The van der Waals surface area contributed by atoms with Crippen molar-refractivity contribution in [1.82, 2.24) is 0 Å². The maximum Gasteiger partial charge on any atom is 0.338 e. The van der Waals surface area contributed by atoms with E-state index in [0.29, 0.717) is 30.2 Å². The van der Waals surface area contributed by atoms with Crippen LogP contribution in [-0.4, -0.2) is 32.2 Å². The van der Waals surface area contributed by atoms with E-state index in [1.165, 1.54) is 0 Å². The van der Waals surface area contributed by atoms with E-state index >= 15 is 0 Å². The molecular formula is C21H25NO5. The molecule has 27 heavy (non-hydrogen) atoms.